The first-order valence-corrected chi connectivity index (χ1v) is 5.89. The lowest BCUT2D eigenvalue weighted by Crippen LogP contribution is -2.26. The molecule has 0 aliphatic carbocycles. The van der Waals surface area contributed by atoms with Gasteiger partial charge in [-0.1, -0.05) is 20.8 Å². The second kappa shape index (κ2) is 5.34. The molecule has 90 valence electrons. The SMILES string of the molecule is CCC(Nc1nc(Cl)nc(C)c1N)C(C)C. The number of aryl methyl sites for hydroxylation is 1. The van der Waals surface area contributed by atoms with Gasteiger partial charge in [0.2, 0.25) is 5.28 Å². The van der Waals surface area contributed by atoms with Gasteiger partial charge in [-0.25, -0.2) is 4.98 Å². The normalized spacial score (nSPS) is 12.9. The first-order valence-electron chi connectivity index (χ1n) is 5.51. The van der Waals surface area contributed by atoms with Crippen molar-refractivity contribution in [3.8, 4) is 0 Å². The Bertz CT molecular complexity index is 365. The minimum Gasteiger partial charge on any atom is -0.394 e. The van der Waals surface area contributed by atoms with E-state index in [9.17, 15) is 0 Å². The van der Waals surface area contributed by atoms with E-state index < -0.39 is 0 Å². The molecule has 0 saturated heterocycles. The molecule has 0 fully saturated rings. The molecule has 0 bridgehead atoms. The molecule has 1 aromatic rings. The Morgan fingerprint density at radius 2 is 2.00 bits per heavy atom. The smallest absolute Gasteiger partial charge is 0.224 e. The van der Waals surface area contributed by atoms with Crippen molar-refractivity contribution in [2.45, 2.75) is 40.2 Å². The second-order valence-corrected chi connectivity index (χ2v) is 4.58. The minimum atomic E-state index is 0.229. The summed E-state index contributed by atoms with van der Waals surface area (Å²) in [7, 11) is 0. The van der Waals surface area contributed by atoms with Crippen LogP contribution in [0.25, 0.3) is 0 Å². The minimum absolute atomic E-state index is 0.229. The van der Waals surface area contributed by atoms with Crippen molar-refractivity contribution in [3.05, 3.63) is 11.0 Å². The molecular formula is C11H19ClN4. The number of nitrogens with two attached hydrogens (primary N) is 1. The molecule has 0 aliphatic heterocycles. The van der Waals surface area contributed by atoms with Crippen LogP contribution in [-0.4, -0.2) is 16.0 Å². The van der Waals surface area contributed by atoms with Gasteiger partial charge in [0, 0.05) is 6.04 Å². The molecule has 16 heavy (non-hydrogen) atoms. The van der Waals surface area contributed by atoms with Crippen LogP contribution in [0.15, 0.2) is 0 Å². The summed E-state index contributed by atoms with van der Waals surface area (Å²) in [5.74, 6) is 1.15. The summed E-state index contributed by atoms with van der Waals surface area (Å²) in [5.41, 5.74) is 7.19. The van der Waals surface area contributed by atoms with Crippen LogP contribution in [0.2, 0.25) is 5.28 Å². The van der Waals surface area contributed by atoms with Gasteiger partial charge in [-0.15, -0.1) is 0 Å². The Morgan fingerprint density at radius 1 is 1.38 bits per heavy atom. The van der Waals surface area contributed by atoms with Gasteiger partial charge in [-0.05, 0) is 30.9 Å². The molecule has 1 heterocycles. The molecular weight excluding hydrogens is 224 g/mol. The highest BCUT2D eigenvalue weighted by Crippen LogP contribution is 2.23. The third-order valence-electron chi connectivity index (χ3n) is 2.68. The number of anilines is 2. The van der Waals surface area contributed by atoms with Crippen molar-refractivity contribution in [2.75, 3.05) is 11.1 Å². The zero-order chi connectivity index (χ0) is 12.3. The van der Waals surface area contributed by atoms with Crippen molar-refractivity contribution in [1.82, 2.24) is 9.97 Å². The first-order chi connectivity index (χ1) is 7.45. The van der Waals surface area contributed by atoms with E-state index in [1.54, 1.807) is 0 Å². The van der Waals surface area contributed by atoms with Crippen LogP contribution in [0, 0.1) is 12.8 Å². The molecule has 1 atom stereocenters. The molecule has 1 aromatic heterocycles. The molecule has 1 rings (SSSR count). The Morgan fingerprint density at radius 3 is 2.50 bits per heavy atom. The highest BCUT2D eigenvalue weighted by atomic mass is 35.5. The van der Waals surface area contributed by atoms with E-state index in [1.807, 2.05) is 6.92 Å². The molecule has 0 amide bonds. The Balaban J connectivity index is 2.96. The van der Waals surface area contributed by atoms with Gasteiger partial charge in [0.25, 0.3) is 0 Å². The van der Waals surface area contributed by atoms with E-state index in [1.165, 1.54) is 0 Å². The maximum atomic E-state index is 5.91. The monoisotopic (exact) mass is 242 g/mol. The zero-order valence-electron chi connectivity index (χ0n) is 10.2. The van der Waals surface area contributed by atoms with Crippen molar-refractivity contribution in [2.24, 2.45) is 5.92 Å². The lowest BCUT2D eigenvalue weighted by atomic mass is 10.0. The van der Waals surface area contributed by atoms with Crippen LogP contribution in [0.5, 0.6) is 0 Å². The Labute approximate surface area is 102 Å². The Hall–Kier alpha value is -1.03. The van der Waals surface area contributed by atoms with Crippen LogP contribution in [0.1, 0.15) is 32.9 Å². The van der Waals surface area contributed by atoms with Gasteiger partial charge in [-0.2, -0.15) is 4.98 Å². The van der Waals surface area contributed by atoms with Crippen LogP contribution in [0.3, 0.4) is 0 Å². The topological polar surface area (TPSA) is 63.8 Å². The molecule has 0 saturated carbocycles. The lowest BCUT2D eigenvalue weighted by molar-refractivity contribution is 0.510. The number of hydrogen-bond acceptors (Lipinski definition) is 4. The molecule has 0 aliphatic rings. The summed E-state index contributed by atoms with van der Waals surface area (Å²) in [6.45, 7) is 8.27. The van der Waals surface area contributed by atoms with Gasteiger partial charge in [0.05, 0.1) is 11.4 Å². The third kappa shape index (κ3) is 2.98. The summed E-state index contributed by atoms with van der Waals surface area (Å²) in [4.78, 5) is 8.12. The van der Waals surface area contributed by atoms with Gasteiger partial charge in [-0.3, -0.25) is 0 Å². The van der Waals surface area contributed by atoms with Crippen LogP contribution >= 0.6 is 11.6 Å². The van der Waals surface area contributed by atoms with Crippen molar-refractivity contribution >= 4 is 23.1 Å². The molecule has 0 radical (unpaired) electrons. The number of rotatable bonds is 4. The number of halogens is 1. The van der Waals surface area contributed by atoms with Gasteiger partial charge < -0.3 is 11.1 Å². The first kappa shape index (κ1) is 13.0. The largest absolute Gasteiger partial charge is 0.394 e. The average molecular weight is 243 g/mol. The lowest BCUT2D eigenvalue weighted by Gasteiger charge is -2.22. The van der Waals surface area contributed by atoms with Crippen molar-refractivity contribution in [3.63, 3.8) is 0 Å². The fourth-order valence-corrected chi connectivity index (χ4v) is 1.78. The summed E-state index contributed by atoms with van der Waals surface area (Å²) < 4.78 is 0. The number of hydrogen-bond donors (Lipinski definition) is 2. The standard InChI is InChI=1S/C11H19ClN4/c1-5-8(6(2)3)15-10-9(13)7(4)14-11(12)16-10/h6,8H,5,13H2,1-4H3,(H,14,15,16). The van der Waals surface area contributed by atoms with Crippen LogP contribution < -0.4 is 11.1 Å². The van der Waals surface area contributed by atoms with E-state index in [0.717, 1.165) is 6.42 Å². The summed E-state index contributed by atoms with van der Waals surface area (Å²) in [6.07, 6.45) is 1.01. The van der Waals surface area contributed by atoms with Gasteiger partial charge in [0.1, 0.15) is 0 Å². The number of nitrogens with one attached hydrogen (secondary N) is 1. The van der Waals surface area contributed by atoms with Crippen LogP contribution in [-0.2, 0) is 0 Å². The predicted molar refractivity (Wildman–Crippen MR) is 68.7 cm³/mol. The second-order valence-electron chi connectivity index (χ2n) is 4.24. The molecule has 3 N–H and O–H groups in total. The van der Waals surface area contributed by atoms with E-state index in [-0.39, 0.29) is 5.28 Å². The van der Waals surface area contributed by atoms with Crippen molar-refractivity contribution in [1.29, 1.82) is 0 Å². The van der Waals surface area contributed by atoms with E-state index >= 15 is 0 Å². The average Bonchev–Trinajstić information content (AvgIpc) is 2.20. The van der Waals surface area contributed by atoms with Gasteiger partial charge >= 0.3 is 0 Å². The fraction of sp³-hybridized carbons (Fsp3) is 0.636. The predicted octanol–water partition coefficient (Wildman–Crippen LogP) is 2.87. The molecule has 0 aromatic carbocycles. The quantitative estimate of drug-likeness (QED) is 0.797. The maximum Gasteiger partial charge on any atom is 0.224 e. The van der Waals surface area contributed by atoms with E-state index in [4.69, 9.17) is 17.3 Å². The number of nitrogen functional groups attached to an aromatic ring is 1. The van der Waals surface area contributed by atoms with Crippen LogP contribution in [0.4, 0.5) is 11.5 Å². The van der Waals surface area contributed by atoms with Crippen molar-refractivity contribution < 1.29 is 0 Å². The molecule has 1 unspecified atom stereocenters. The summed E-state index contributed by atoms with van der Waals surface area (Å²) >= 11 is 5.81. The van der Waals surface area contributed by atoms with E-state index in [2.05, 4.69) is 36.1 Å². The number of aromatic nitrogens is 2. The molecule has 5 heteroatoms. The molecule has 4 nitrogen and oxygen atoms in total. The number of nitrogens with zero attached hydrogens (tertiary/aromatic N) is 2. The zero-order valence-corrected chi connectivity index (χ0v) is 11.0. The van der Waals surface area contributed by atoms with E-state index in [0.29, 0.717) is 29.2 Å². The maximum absolute atomic E-state index is 5.91. The summed E-state index contributed by atoms with van der Waals surface area (Å²) in [6, 6.07) is 0.340. The highest BCUT2D eigenvalue weighted by Gasteiger charge is 2.14. The Kier molecular flexibility index (Phi) is 4.35. The fourth-order valence-electron chi connectivity index (χ4n) is 1.57. The van der Waals surface area contributed by atoms with Gasteiger partial charge in [0.15, 0.2) is 5.82 Å². The third-order valence-corrected chi connectivity index (χ3v) is 2.84. The molecule has 0 spiro atoms. The summed E-state index contributed by atoms with van der Waals surface area (Å²) in [5, 5.41) is 3.55. The highest BCUT2D eigenvalue weighted by molar-refractivity contribution is 6.28.